The number of benzene rings is 5. The molecular weight excluding hydrogens is 833 g/mol. The first-order valence-electron chi connectivity index (χ1n) is 17.5. The smallest absolute Gasteiger partial charge is 0.194 e. The molecule has 0 amide bonds. The van der Waals surface area contributed by atoms with E-state index in [0.29, 0.717) is 17.5 Å². The molecule has 5 aromatic carbocycles. The van der Waals surface area contributed by atoms with E-state index in [1.54, 1.807) is 6.20 Å². The molecule has 0 aliphatic rings. The molecule has 7 nitrogen and oxygen atoms in total. The summed E-state index contributed by atoms with van der Waals surface area (Å²) in [6, 6.07) is 47.5. The summed E-state index contributed by atoms with van der Waals surface area (Å²) in [4.78, 5) is 9.34. The zero-order chi connectivity index (χ0) is 35.6. The third kappa shape index (κ3) is 6.91. The van der Waals surface area contributed by atoms with Crippen LogP contribution >= 0.6 is 0 Å². The van der Waals surface area contributed by atoms with Gasteiger partial charge < -0.3 is 14.0 Å². The van der Waals surface area contributed by atoms with Gasteiger partial charge in [0.25, 0.3) is 0 Å². The van der Waals surface area contributed by atoms with Crippen LogP contribution in [0.2, 0.25) is 0 Å². The Morgan fingerprint density at radius 3 is 2.21 bits per heavy atom. The minimum atomic E-state index is 0. The van der Waals surface area contributed by atoms with Crippen molar-refractivity contribution >= 4 is 33.1 Å². The van der Waals surface area contributed by atoms with Crippen molar-refractivity contribution in [1.82, 2.24) is 29.9 Å². The Hall–Kier alpha value is -5.82. The molecule has 0 fully saturated rings. The van der Waals surface area contributed by atoms with Gasteiger partial charge in [-0.1, -0.05) is 111 Å². The molecule has 4 heterocycles. The fourth-order valence-corrected chi connectivity index (χ4v) is 6.72. The van der Waals surface area contributed by atoms with Crippen LogP contribution in [0.25, 0.3) is 72.6 Å². The van der Waals surface area contributed by atoms with Crippen LogP contribution in [0.15, 0.2) is 138 Å². The number of aromatic nitrogens is 6. The third-order valence-electron chi connectivity index (χ3n) is 9.25. The van der Waals surface area contributed by atoms with Crippen molar-refractivity contribution < 1.29 is 24.5 Å². The van der Waals surface area contributed by atoms with E-state index in [2.05, 4.69) is 107 Å². The number of rotatable bonds is 6. The molecule has 0 saturated heterocycles. The zero-order valence-corrected chi connectivity index (χ0v) is 32.2. The topological polar surface area (TPSA) is 82.5 Å². The van der Waals surface area contributed by atoms with Crippen molar-refractivity contribution in [3.05, 3.63) is 157 Å². The number of para-hydroxylation sites is 2. The van der Waals surface area contributed by atoms with Gasteiger partial charge >= 0.3 is 0 Å². The van der Waals surface area contributed by atoms with E-state index in [-0.39, 0.29) is 20.1 Å². The minimum absolute atomic E-state index is 0. The van der Waals surface area contributed by atoms with Crippen LogP contribution in [0.5, 0.6) is 0 Å². The van der Waals surface area contributed by atoms with Gasteiger partial charge in [-0.15, -0.1) is 64.3 Å². The molecule has 8 heteroatoms. The van der Waals surface area contributed by atoms with Gasteiger partial charge in [-0.3, -0.25) is 4.98 Å². The Kier molecular flexibility index (Phi) is 10.4. The van der Waals surface area contributed by atoms with Gasteiger partial charge in [0.1, 0.15) is 11.1 Å². The van der Waals surface area contributed by atoms with Gasteiger partial charge in [0, 0.05) is 37.4 Å². The van der Waals surface area contributed by atoms with Gasteiger partial charge in [-0.2, -0.15) is 0 Å². The predicted octanol–water partition coefficient (Wildman–Crippen LogP) is 11.0. The van der Waals surface area contributed by atoms with Crippen LogP contribution in [-0.4, -0.2) is 29.9 Å². The molecule has 263 valence electrons. The fourth-order valence-electron chi connectivity index (χ4n) is 6.72. The second-order valence-electron chi connectivity index (χ2n) is 13.3. The zero-order valence-electron chi connectivity index (χ0n) is 29.8. The molecular formula is C45H36IrN6O-2. The quantitative estimate of drug-likeness (QED) is 0.155. The van der Waals surface area contributed by atoms with Crippen LogP contribution in [0, 0.1) is 12.1 Å². The molecule has 0 aliphatic heterocycles. The second kappa shape index (κ2) is 15.4. The SMILES string of the molecule is CC(C)c1cccc(C(C)C)c1-n1c(-c2[c-]ccc3c2oc2ccccc23)nc2nnncc21.[Ir].[c-]1ccccc1-c1cc(-c2ccccc2)ccn1. The summed E-state index contributed by atoms with van der Waals surface area (Å²) in [6.45, 7) is 8.86. The number of imidazole rings is 1. The van der Waals surface area contributed by atoms with E-state index >= 15 is 0 Å². The third-order valence-corrected chi connectivity index (χ3v) is 9.25. The number of hydrogen-bond acceptors (Lipinski definition) is 6. The van der Waals surface area contributed by atoms with Crippen molar-refractivity contribution in [3.63, 3.8) is 0 Å². The number of pyridine rings is 1. The summed E-state index contributed by atoms with van der Waals surface area (Å²) in [5.41, 5.74) is 11.7. The van der Waals surface area contributed by atoms with Gasteiger partial charge in [-0.25, -0.2) is 0 Å². The van der Waals surface area contributed by atoms with Crippen LogP contribution in [0.4, 0.5) is 0 Å². The van der Waals surface area contributed by atoms with E-state index in [9.17, 15) is 0 Å². The second-order valence-corrected chi connectivity index (χ2v) is 13.3. The maximum Gasteiger partial charge on any atom is 0.194 e. The summed E-state index contributed by atoms with van der Waals surface area (Å²) in [7, 11) is 0. The van der Waals surface area contributed by atoms with E-state index in [1.165, 1.54) is 22.3 Å². The van der Waals surface area contributed by atoms with E-state index in [1.807, 2.05) is 85.1 Å². The first-order valence-corrected chi connectivity index (χ1v) is 17.5. The maximum atomic E-state index is 6.34. The summed E-state index contributed by atoms with van der Waals surface area (Å²) in [5, 5.41) is 14.3. The Morgan fingerprint density at radius 1 is 0.698 bits per heavy atom. The molecule has 4 aromatic heterocycles. The Bertz CT molecular complexity index is 2570. The molecule has 0 spiro atoms. The molecule has 53 heavy (non-hydrogen) atoms. The summed E-state index contributed by atoms with van der Waals surface area (Å²) in [6.07, 6.45) is 3.58. The molecule has 0 bridgehead atoms. The van der Waals surface area contributed by atoms with E-state index in [0.717, 1.165) is 55.8 Å². The summed E-state index contributed by atoms with van der Waals surface area (Å²) >= 11 is 0. The standard InChI is InChI=1S/C28H24N5O.C17H12N.Ir/c1-16(2)18-10-7-11-19(17(3)4)25(18)33-23-15-29-32-31-27(23)30-28(33)22-13-8-12-21-20-9-5-6-14-24(20)34-26(21)22;1-3-7-14(8-4-1)16-11-12-18-17(13-16)15-9-5-2-6-10-15;/h5-12,14-17H,1-4H3;1-9,11-13H;/q2*-1;. The Labute approximate surface area is 322 Å². The van der Waals surface area contributed by atoms with Crippen molar-refractivity contribution in [2.75, 3.05) is 0 Å². The molecule has 0 atom stereocenters. The predicted molar refractivity (Wildman–Crippen MR) is 208 cm³/mol. The number of fused-ring (bicyclic) bond motifs is 4. The van der Waals surface area contributed by atoms with E-state index in [4.69, 9.17) is 9.40 Å². The average Bonchev–Trinajstić information content (AvgIpc) is 3.77. The van der Waals surface area contributed by atoms with Crippen LogP contribution in [0.1, 0.15) is 50.7 Å². The number of hydrogen-bond donors (Lipinski definition) is 0. The molecule has 9 rings (SSSR count). The van der Waals surface area contributed by atoms with Gasteiger partial charge in [0.15, 0.2) is 5.65 Å². The average molecular weight is 869 g/mol. The normalized spacial score (nSPS) is 11.2. The van der Waals surface area contributed by atoms with Crippen LogP contribution in [-0.2, 0) is 20.1 Å². The minimum Gasteiger partial charge on any atom is -0.501 e. The van der Waals surface area contributed by atoms with Crippen molar-refractivity contribution in [2.24, 2.45) is 0 Å². The van der Waals surface area contributed by atoms with Crippen molar-refractivity contribution in [3.8, 4) is 39.5 Å². The summed E-state index contributed by atoms with van der Waals surface area (Å²) < 4.78 is 8.51. The van der Waals surface area contributed by atoms with Gasteiger partial charge in [0.05, 0.1) is 17.6 Å². The van der Waals surface area contributed by atoms with Crippen LogP contribution < -0.4 is 0 Å². The summed E-state index contributed by atoms with van der Waals surface area (Å²) in [5.74, 6) is 1.34. The molecule has 9 aromatic rings. The van der Waals surface area contributed by atoms with Crippen molar-refractivity contribution in [2.45, 2.75) is 39.5 Å². The first-order chi connectivity index (χ1) is 25.5. The largest absolute Gasteiger partial charge is 0.501 e. The maximum absolute atomic E-state index is 6.34. The molecule has 1 radical (unpaired) electrons. The fraction of sp³-hybridized carbons (Fsp3) is 0.133. The van der Waals surface area contributed by atoms with Gasteiger partial charge in [0.2, 0.25) is 0 Å². The van der Waals surface area contributed by atoms with Crippen molar-refractivity contribution in [1.29, 1.82) is 0 Å². The Morgan fingerprint density at radius 2 is 1.45 bits per heavy atom. The first kappa shape index (κ1) is 35.6. The molecule has 0 aliphatic carbocycles. The molecule has 0 saturated carbocycles. The molecule has 0 N–H and O–H groups in total. The number of furan rings is 1. The van der Waals surface area contributed by atoms with E-state index < -0.39 is 0 Å². The Balaban J connectivity index is 0.000000194. The molecule has 0 unspecified atom stereocenters. The van der Waals surface area contributed by atoms with Crippen LogP contribution in [0.3, 0.4) is 0 Å². The monoisotopic (exact) mass is 869 g/mol. The number of nitrogens with zero attached hydrogens (tertiary/aromatic N) is 6. The van der Waals surface area contributed by atoms with Gasteiger partial charge in [-0.05, 0) is 57.1 Å².